The van der Waals surface area contributed by atoms with Crippen LogP contribution in [0.1, 0.15) is 5.56 Å². The highest BCUT2D eigenvalue weighted by Gasteiger charge is 2.31. The number of imidazole rings is 1. The Bertz CT molecular complexity index is 1020. The molecular weight excluding hydrogens is 377 g/mol. The molecule has 3 heterocycles. The van der Waals surface area contributed by atoms with E-state index >= 15 is 0 Å². The first-order valence-corrected chi connectivity index (χ1v) is 8.62. The Morgan fingerprint density at radius 3 is 2.68 bits per heavy atom. The third kappa shape index (κ3) is 3.71. The van der Waals surface area contributed by atoms with Crippen molar-refractivity contribution in [3.63, 3.8) is 0 Å². The Labute approximate surface area is 157 Å². The van der Waals surface area contributed by atoms with Gasteiger partial charge in [0.25, 0.3) is 0 Å². The molecule has 0 unspecified atom stereocenters. The first-order valence-electron chi connectivity index (χ1n) is 8.62. The first kappa shape index (κ1) is 18.4. The molecule has 148 valence electrons. The van der Waals surface area contributed by atoms with Crippen molar-refractivity contribution >= 4 is 16.9 Å². The number of aromatic nitrogens is 4. The molecule has 11 heteroatoms. The van der Waals surface area contributed by atoms with Gasteiger partial charge in [-0.2, -0.15) is 23.3 Å². The molecule has 0 radical (unpaired) electrons. The van der Waals surface area contributed by atoms with Gasteiger partial charge in [0.1, 0.15) is 6.73 Å². The summed E-state index contributed by atoms with van der Waals surface area (Å²) in [5.74, 6) is 0. The fourth-order valence-corrected chi connectivity index (χ4v) is 3.13. The van der Waals surface area contributed by atoms with Gasteiger partial charge in [-0.25, -0.2) is 4.79 Å². The van der Waals surface area contributed by atoms with Crippen molar-refractivity contribution in [2.45, 2.75) is 12.9 Å². The fourth-order valence-electron chi connectivity index (χ4n) is 3.13. The normalized spacial score (nSPS) is 16.0. The average Bonchev–Trinajstić information content (AvgIpc) is 3.01. The number of hydrogen-bond donors (Lipinski definition) is 1. The van der Waals surface area contributed by atoms with E-state index in [1.54, 1.807) is 17.2 Å². The number of piperazine rings is 1. The van der Waals surface area contributed by atoms with Crippen LogP contribution in [0.25, 0.3) is 11.2 Å². The maximum Gasteiger partial charge on any atom is 0.416 e. The largest absolute Gasteiger partial charge is 0.416 e. The smallest absolute Gasteiger partial charge is 0.369 e. The van der Waals surface area contributed by atoms with E-state index < -0.39 is 11.7 Å². The van der Waals surface area contributed by atoms with Crippen LogP contribution in [0.5, 0.6) is 0 Å². The van der Waals surface area contributed by atoms with Crippen molar-refractivity contribution in [2.24, 2.45) is 0 Å². The Hall–Kier alpha value is -2.92. The molecule has 1 aliphatic rings. The number of fused-ring (bicyclic) bond motifs is 1. The van der Waals surface area contributed by atoms with Crippen LogP contribution in [-0.4, -0.2) is 51.0 Å². The minimum atomic E-state index is -4.36. The third-order valence-electron chi connectivity index (χ3n) is 4.61. The lowest BCUT2D eigenvalue weighted by molar-refractivity contribution is -0.189. The van der Waals surface area contributed by atoms with Gasteiger partial charge in [-0.1, -0.05) is 6.07 Å². The van der Waals surface area contributed by atoms with E-state index in [1.807, 2.05) is 4.90 Å². The minimum Gasteiger partial charge on any atom is -0.369 e. The topological polar surface area (TPSA) is 79.3 Å². The maximum absolute atomic E-state index is 12.9. The summed E-state index contributed by atoms with van der Waals surface area (Å²) >= 11 is 0. The van der Waals surface area contributed by atoms with Crippen LogP contribution in [0.2, 0.25) is 0 Å². The average molecular weight is 394 g/mol. The predicted molar refractivity (Wildman–Crippen MR) is 94.5 cm³/mol. The van der Waals surface area contributed by atoms with E-state index in [0.29, 0.717) is 43.0 Å². The highest BCUT2D eigenvalue weighted by molar-refractivity contribution is 5.69. The molecule has 2 aromatic heterocycles. The number of H-pyrrole nitrogens is 1. The van der Waals surface area contributed by atoms with Gasteiger partial charge in [-0.3, -0.25) is 14.4 Å². The molecular formula is C17H17F3N6O2. The summed E-state index contributed by atoms with van der Waals surface area (Å²) in [4.78, 5) is 22.2. The zero-order chi connectivity index (χ0) is 19.7. The second-order valence-corrected chi connectivity index (χ2v) is 6.35. The fraction of sp³-hybridized carbons (Fsp3) is 0.353. The summed E-state index contributed by atoms with van der Waals surface area (Å²) < 4.78 is 40.1. The molecule has 3 aromatic rings. The molecule has 0 atom stereocenters. The molecule has 0 bridgehead atoms. The quantitative estimate of drug-likeness (QED) is 0.728. The lowest BCUT2D eigenvalue weighted by atomic mass is 10.1. The molecule has 0 spiro atoms. The Balaban J connectivity index is 1.37. The van der Waals surface area contributed by atoms with Gasteiger partial charge >= 0.3 is 11.9 Å². The number of hydrogen-bond acceptors (Lipinski definition) is 6. The van der Waals surface area contributed by atoms with Crippen LogP contribution >= 0.6 is 0 Å². The van der Waals surface area contributed by atoms with Crippen LogP contribution in [0.4, 0.5) is 18.9 Å². The van der Waals surface area contributed by atoms with Gasteiger partial charge in [-0.05, 0) is 24.3 Å². The van der Waals surface area contributed by atoms with E-state index in [0.717, 1.165) is 12.1 Å². The van der Waals surface area contributed by atoms with Crippen LogP contribution in [0, 0.1) is 0 Å². The highest BCUT2D eigenvalue weighted by atomic mass is 19.4. The van der Waals surface area contributed by atoms with Crippen molar-refractivity contribution in [2.75, 3.05) is 31.1 Å². The van der Waals surface area contributed by atoms with E-state index in [9.17, 15) is 18.0 Å². The Morgan fingerprint density at radius 1 is 1.14 bits per heavy atom. The zero-order valence-electron chi connectivity index (χ0n) is 14.7. The van der Waals surface area contributed by atoms with E-state index in [1.165, 1.54) is 16.8 Å². The standard InChI is InChI=1S/C17H17F3N6O2/c18-17(19,20)12-2-1-3-13(10-12)24-6-8-25(9-7-24)28-11-26-14-4-5-21-23-15(14)22-16(26)27/h1-5,10H,6-9,11H2,(H,22,23,27). The molecule has 1 saturated heterocycles. The summed E-state index contributed by atoms with van der Waals surface area (Å²) in [6.07, 6.45) is -2.88. The molecule has 1 aromatic carbocycles. The number of anilines is 1. The first-order chi connectivity index (χ1) is 13.4. The number of hydroxylamine groups is 2. The maximum atomic E-state index is 12.9. The highest BCUT2D eigenvalue weighted by Crippen LogP contribution is 2.31. The summed E-state index contributed by atoms with van der Waals surface area (Å²) in [6.45, 7) is 2.01. The summed E-state index contributed by atoms with van der Waals surface area (Å²) in [7, 11) is 0. The molecule has 0 aliphatic carbocycles. The SMILES string of the molecule is O=c1[nH]c2nnccc2n1CON1CCN(c2cccc(C(F)(F)F)c2)CC1. The second kappa shape index (κ2) is 7.24. The number of nitrogens with one attached hydrogen (secondary N) is 1. The predicted octanol–water partition coefficient (Wildman–Crippen LogP) is 1.85. The van der Waals surface area contributed by atoms with Crippen molar-refractivity contribution in [3.8, 4) is 0 Å². The molecule has 0 saturated carbocycles. The van der Waals surface area contributed by atoms with Crippen molar-refractivity contribution in [1.82, 2.24) is 24.8 Å². The van der Waals surface area contributed by atoms with Crippen molar-refractivity contribution < 1.29 is 18.0 Å². The molecule has 28 heavy (non-hydrogen) atoms. The number of alkyl halides is 3. The minimum absolute atomic E-state index is 0.00802. The third-order valence-corrected chi connectivity index (χ3v) is 4.61. The van der Waals surface area contributed by atoms with Gasteiger partial charge in [0, 0.05) is 31.9 Å². The number of halogens is 3. The number of rotatable bonds is 4. The number of aromatic amines is 1. The Morgan fingerprint density at radius 2 is 1.93 bits per heavy atom. The van der Waals surface area contributed by atoms with Crippen LogP contribution in [0.15, 0.2) is 41.3 Å². The van der Waals surface area contributed by atoms with Crippen molar-refractivity contribution in [3.05, 3.63) is 52.6 Å². The molecule has 4 rings (SSSR count). The van der Waals surface area contributed by atoms with Crippen LogP contribution in [0.3, 0.4) is 0 Å². The second-order valence-electron chi connectivity index (χ2n) is 6.35. The summed E-state index contributed by atoms with van der Waals surface area (Å²) in [5.41, 5.74) is 0.484. The molecule has 0 amide bonds. The lowest BCUT2D eigenvalue weighted by Gasteiger charge is -2.35. The van der Waals surface area contributed by atoms with Gasteiger partial charge in [0.05, 0.1) is 17.3 Å². The zero-order valence-corrected chi connectivity index (χ0v) is 14.7. The van der Waals surface area contributed by atoms with Gasteiger partial charge in [0.15, 0.2) is 5.65 Å². The van der Waals surface area contributed by atoms with E-state index in [-0.39, 0.29) is 12.4 Å². The van der Waals surface area contributed by atoms with Gasteiger partial charge in [-0.15, -0.1) is 5.10 Å². The number of nitrogens with zero attached hydrogens (tertiary/aromatic N) is 5. The van der Waals surface area contributed by atoms with Crippen LogP contribution in [-0.2, 0) is 17.7 Å². The monoisotopic (exact) mass is 394 g/mol. The van der Waals surface area contributed by atoms with E-state index in [2.05, 4.69) is 15.2 Å². The molecule has 1 aliphatic heterocycles. The van der Waals surface area contributed by atoms with E-state index in [4.69, 9.17) is 4.84 Å². The molecule has 1 fully saturated rings. The van der Waals surface area contributed by atoms with Crippen molar-refractivity contribution in [1.29, 1.82) is 0 Å². The molecule has 8 nitrogen and oxygen atoms in total. The lowest BCUT2D eigenvalue weighted by Crippen LogP contribution is -2.46. The Kier molecular flexibility index (Phi) is 4.77. The summed E-state index contributed by atoms with van der Waals surface area (Å²) in [5, 5.41) is 9.26. The van der Waals surface area contributed by atoms with Gasteiger partial charge in [0.2, 0.25) is 0 Å². The van der Waals surface area contributed by atoms with Gasteiger partial charge < -0.3 is 4.90 Å². The van der Waals surface area contributed by atoms with Crippen LogP contribution < -0.4 is 10.6 Å². The number of benzene rings is 1. The molecule has 1 N–H and O–H groups in total. The summed E-state index contributed by atoms with van der Waals surface area (Å²) in [6, 6.07) is 6.95.